The number of nitrogens with zero attached hydrogens (tertiary/aromatic N) is 4. The molecule has 5 heteroatoms. The van der Waals surface area contributed by atoms with Gasteiger partial charge in [-0.05, 0) is 56.4 Å². The van der Waals surface area contributed by atoms with Crippen LogP contribution >= 0.6 is 0 Å². The van der Waals surface area contributed by atoms with E-state index in [9.17, 15) is 4.79 Å². The largest absolute Gasteiger partial charge is 0.363 e. The zero-order valence-corrected chi connectivity index (χ0v) is 15.1. The Morgan fingerprint density at radius 2 is 2.00 bits per heavy atom. The highest BCUT2D eigenvalue weighted by Crippen LogP contribution is 2.23. The van der Waals surface area contributed by atoms with Crippen LogP contribution in [0.15, 0.2) is 42.7 Å². The molecule has 0 aliphatic carbocycles. The number of carbonyl (C=O) groups is 1. The standard InChI is InChI=1S/C20H26N4O/c1-23(2)19-8-5-6-17(22-19)9-10-18-7-3-4-15-24(18)20(25)16-11-13-21-14-12-16/h5-6,8,11-14,18H,3-4,7,9-10,15H2,1-2H3. The molecule has 1 atom stereocenters. The van der Waals surface area contributed by atoms with Crippen LogP contribution < -0.4 is 4.90 Å². The van der Waals surface area contributed by atoms with Crippen LogP contribution in [0.25, 0.3) is 0 Å². The smallest absolute Gasteiger partial charge is 0.254 e. The minimum Gasteiger partial charge on any atom is -0.363 e. The van der Waals surface area contributed by atoms with Crippen molar-refractivity contribution >= 4 is 11.7 Å². The van der Waals surface area contributed by atoms with Crippen molar-refractivity contribution in [2.45, 2.75) is 38.1 Å². The summed E-state index contributed by atoms with van der Waals surface area (Å²) in [5.74, 6) is 1.10. The molecule has 25 heavy (non-hydrogen) atoms. The summed E-state index contributed by atoms with van der Waals surface area (Å²) in [6.45, 7) is 0.844. The van der Waals surface area contributed by atoms with Gasteiger partial charge in [-0.2, -0.15) is 0 Å². The van der Waals surface area contributed by atoms with Gasteiger partial charge < -0.3 is 9.80 Å². The predicted octanol–water partition coefficient (Wildman–Crippen LogP) is 3.17. The number of rotatable bonds is 5. The van der Waals surface area contributed by atoms with Gasteiger partial charge in [0.1, 0.15) is 5.82 Å². The average molecular weight is 338 g/mol. The van der Waals surface area contributed by atoms with Crippen LogP contribution in [0.3, 0.4) is 0 Å². The third kappa shape index (κ3) is 4.35. The molecule has 1 amide bonds. The van der Waals surface area contributed by atoms with Crippen LogP contribution in [-0.2, 0) is 6.42 Å². The van der Waals surface area contributed by atoms with E-state index in [1.54, 1.807) is 24.5 Å². The molecule has 0 aromatic carbocycles. The van der Waals surface area contributed by atoms with Gasteiger partial charge in [0.2, 0.25) is 0 Å². The molecule has 5 nitrogen and oxygen atoms in total. The van der Waals surface area contributed by atoms with E-state index in [1.807, 2.05) is 25.1 Å². The van der Waals surface area contributed by atoms with Gasteiger partial charge in [0, 0.05) is 50.3 Å². The topological polar surface area (TPSA) is 49.3 Å². The van der Waals surface area contributed by atoms with Crippen molar-refractivity contribution in [2.75, 3.05) is 25.5 Å². The number of likely N-dealkylation sites (tertiary alicyclic amines) is 1. The monoisotopic (exact) mass is 338 g/mol. The van der Waals surface area contributed by atoms with E-state index in [1.165, 1.54) is 6.42 Å². The lowest BCUT2D eigenvalue weighted by atomic mass is 9.96. The van der Waals surface area contributed by atoms with E-state index in [4.69, 9.17) is 4.98 Å². The summed E-state index contributed by atoms with van der Waals surface area (Å²) >= 11 is 0. The van der Waals surface area contributed by atoms with Gasteiger partial charge >= 0.3 is 0 Å². The highest BCUT2D eigenvalue weighted by atomic mass is 16.2. The van der Waals surface area contributed by atoms with Crippen molar-refractivity contribution in [2.24, 2.45) is 0 Å². The number of pyridine rings is 2. The van der Waals surface area contributed by atoms with Crippen molar-refractivity contribution in [1.29, 1.82) is 0 Å². The lowest BCUT2D eigenvalue weighted by molar-refractivity contribution is 0.0601. The Balaban J connectivity index is 1.67. The SMILES string of the molecule is CN(C)c1cccc(CCC2CCCCN2C(=O)c2ccncc2)n1. The number of aromatic nitrogens is 2. The van der Waals surface area contributed by atoms with E-state index in [0.29, 0.717) is 6.04 Å². The first-order chi connectivity index (χ1) is 12.1. The molecule has 2 aromatic rings. The minimum absolute atomic E-state index is 0.127. The van der Waals surface area contributed by atoms with Gasteiger partial charge in [0.05, 0.1) is 0 Å². The second kappa shape index (κ2) is 8.10. The summed E-state index contributed by atoms with van der Waals surface area (Å²) in [4.78, 5) is 25.6. The summed E-state index contributed by atoms with van der Waals surface area (Å²) in [6.07, 6.45) is 8.57. The molecule has 3 rings (SSSR count). The van der Waals surface area contributed by atoms with E-state index < -0.39 is 0 Å². The van der Waals surface area contributed by atoms with Gasteiger partial charge in [-0.1, -0.05) is 6.07 Å². The van der Waals surface area contributed by atoms with Crippen LogP contribution in [0, 0.1) is 0 Å². The van der Waals surface area contributed by atoms with Crippen molar-refractivity contribution in [3.05, 3.63) is 54.0 Å². The maximum absolute atomic E-state index is 12.8. The number of anilines is 1. The predicted molar refractivity (Wildman–Crippen MR) is 99.8 cm³/mol. The third-order valence-corrected chi connectivity index (χ3v) is 4.80. The Morgan fingerprint density at radius 3 is 2.76 bits per heavy atom. The first kappa shape index (κ1) is 17.4. The number of piperidine rings is 1. The number of aryl methyl sites for hydroxylation is 1. The number of carbonyl (C=O) groups excluding carboxylic acids is 1. The molecule has 1 aliphatic rings. The quantitative estimate of drug-likeness (QED) is 0.840. The van der Waals surface area contributed by atoms with Crippen LogP contribution in [0.2, 0.25) is 0 Å². The van der Waals surface area contributed by atoms with Crippen molar-refractivity contribution in [1.82, 2.24) is 14.9 Å². The maximum atomic E-state index is 12.8. The molecule has 1 unspecified atom stereocenters. The van der Waals surface area contributed by atoms with Gasteiger partial charge in [0.25, 0.3) is 5.91 Å². The van der Waals surface area contributed by atoms with Crippen LogP contribution in [0.1, 0.15) is 41.7 Å². The molecule has 1 fully saturated rings. The molecule has 0 saturated carbocycles. The van der Waals surface area contributed by atoms with Crippen molar-refractivity contribution in [3.63, 3.8) is 0 Å². The third-order valence-electron chi connectivity index (χ3n) is 4.80. The van der Waals surface area contributed by atoms with Crippen molar-refractivity contribution < 1.29 is 4.79 Å². The first-order valence-electron chi connectivity index (χ1n) is 8.99. The summed E-state index contributed by atoms with van der Waals surface area (Å²) < 4.78 is 0. The van der Waals surface area contributed by atoms with E-state index in [2.05, 4.69) is 22.0 Å². The highest BCUT2D eigenvalue weighted by Gasteiger charge is 2.27. The summed E-state index contributed by atoms with van der Waals surface area (Å²) in [5, 5.41) is 0. The molecule has 2 aromatic heterocycles. The van der Waals surface area contributed by atoms with Crippen molar-refractivity contribution in [3.8, 4) is 0 Å². The lowest BCUT2D eigenvalue weighted by Gasteiger charge is -2.36. The van der Waals surface area contributed by atoms with Crippen LogP contribution in [0.5, 0.6) is 0 Å². The van der Waals surface area contributed by atoms with Crippen LogP contribution in [-0.4, -0.2) is 47.5 Å². The molecule has 1 saturated heterocycles. The summed E-state index contributed by atoms with van der Waals surface area (Å²) in [5.41, 5.74) is 1.82. The van der Waals surface area contributed by atoms with Gasteiger partial charge in [-0.25, -0.2) is 4.98 Å². The van der Waals surface area contributed by atoms with E-state index in [-0.39, 0.29) is 5.91 Å². The first-order valence-corrected chi connectivity index (χ1v) is 8.99. The zero-order chi connectivity index (χ0) is 17.6. The second-order valence-electron chi connectivity index (χ2n) is 6.80. The summed E-state index contributed by atoms with van der Waals surface area (Å²) in [7, 11) is 4.00. The zero-order valence-electron chi connectivity index (χ0n) is 15.1. The van der Waals surface area contributed by atoms with E-state index in [0.717, 1.165) is 49.3 Å². The Morgan fingerprint density at radius 1 is 1.20 bits per heavy atom. The molecule has 0 bridgehead atoms. The maximum Gasteiger partial charge on any atom is 0.254 e. The van der Waals surface area contributed by atoms with Gasteiger partial charge in [0.15, 0.2) is 0 Å². The average Bonchev–Trinajstić information content (AvgIpc) is 2.67. The molecule has 0 N–H and O–H groups in total. The molecule has 0 spiro atoms. The second-order valence-corrected chi connectivity index (χ2v) is 6.80. The number of amides is 1. The molecule has 0 radical (unpaired) electrons. The fourth-order valence-corrected chi connectivity index (χ4v) is 3.40. The Kier molecular flexibility index (Phi) is 5.64. The molecular weight excluding hydrogens is 312 g/mol. The fourth-order valence-electron chi connectivity index (χ4n) is 3.40. The molecule has 132 valence electrons. The molecule has 1 aliphatic heterocycles. The Hall–Kier alpha value is -2.43. The minimum atomic E-state index is 0.127. The Labute approximate surface area is 149 Å². The normalized spacial score (nSPS) is 17.4. The fraction of sp³-hybridized carbons (Fsp3) is 0.450. The van der Waals surface area contributed by atoms with Crippen LogP contribution in [0.4, 0.5) is 5.82 Å². The summed E-state index contributed by atoms with van der Waals surface area (Å²) in [6, 6.07) is 10.0. The number of hydrogen-bond donors (Lipinski definition) is 0. The lowest BCUT2D eigenvalue weighted by Crippen LogP contribution is -2.44. The highest BCUT2D eigenvalue weighted by molar-refractivity contribution is 5.94. The van der Waals surface area contributed by atoms with Gasteiger partial charge in [-0.15, -0.1) is 0 Å². The number of hydrogen-bond acceptors (Lipinski definition) is 4. The van der Waals surface area contributed by atoms with Gasteiger partial charge in [-0.3, -0.25) is 9.78 Å². The van der Waals surface area contributed by atoms with E-state index >= 15 is 0 Å². The molecule has 3 heterocycles. The molecular formula is C20H26N4O. The Bertz CT molecular complexity index is 702.